The first-order valence-corrected chi connectivity index (χ1v) is 10.3. The average molecular weight is 460 g/mol. The Labute approximate surface area is 187 Å². The van der Waals surface area contributed by atoms with Crippen molar-refractivity contribution in [3.05, 3.63) is 63.4 Å². The maximum atomic E-state index is 14.1. The Morgan fingerprint density at radius 2 is 2.06 bits per heavy atom. The van der Waals surface area contributed by atoms with Crippen LogP contribution in [0.4, 0.5) is 14.9 Å². The van der Waals surface area contributed by atoms with Crippen LogP contribution in [0.2, 0.25) is 5.02 Å². The minimum Gasteiger partial charge on any atom is -0.444 e. The fourth-order valence-electron chi connectivity index (χ4n) is 3.73. The van der Waals surface area contributed by atoms with Gasteiger partial charge in [-0.1, -0.05) is 29.8 Å². The number of carbonyl (C=O) groups is 4. The number of hydrogen-bond donors (Lipinski definition) is 2. The molecule has 4 rings (SSSR count). The minimum absolute atomic E-state index is 0.0829. The van der Waals surface area contributed by atoms with E-state index in [1.807, 2.05) is 0 Å². The van der Waals surface area contributed by atoms with Crippen molar-refractivity contribution >= 4 is 41.1 Å². The molecule has 0 aliphatic carbocycles. The van der Waals surface area contributed by atoms with E-state index < -0.39 is 23.9 Å². The quantitative estimate of drug-likeness (QED) is 0.682. The van der Waals surface area contributed by atoms with E-state index in [1.165, 1.54) is 11.0 Å². The van der Waals surface area contributed by atoms with Crippen molar-refractivity contribution in [2.75, 3.05) is 5.32 Å². The van der Waals surface area contributed by atoms with Crippen LogP contribution < -0.4 is 10.6 Å². The lowest BCUT2D eigenvalue weighted by molar-refractivity contribution is -0.136. The Balaban J connectivity index is 1.40. The summed E-state index contributed by atoms with van der Waals surface area (Å²) < 4.78 is 19.3. The highest BCUT2D eigenvalue weighted by molar-refractivity contribution is 6.31. The third-order valence-electron chi connectivity index (χ3n) is 5.47. The molecule has 0 bridgehead atoms. The zero-order chi connectivity index (χ0) is 23.0. The second kappa shape index (κ2) is 8.58. The lowest BCUT2D eigenvalue weighted by Gasteiger charge is -2.29. The molecular weight excluding hydrogens is 441 g/mol. The molecule has 8 nitrogen and oxygen atoms in total. The Hall–Kier alpha value is -3.46. The fourth-order valence-corrected chi connectivity index (χ4v) is 3.89. The number of benzene rings is 2. The molecule has 2 aliphatic heterocycles. The lowest BCUT2D eigenvalue weighted by Crippen LogP contribution is -2.52. The monoisotopic (exact) mass is 459 g/mol. The highest BCUT2D eigenvalue weighted by Crippen LogP contribution is 2.29. The SMILES string of the molecule is Cc1ccc(NC(=O)OCc2ccc3c(c2)C(=O)N(C2CCC(=O)NC2=O)C3)c(F)c1Cl. The first-order valence-electron chi connectivity index (χ1n) is 9.89. The van der Waals surface area contributed by atoms with Gasteiger partial charge in [-0.05, 0) is 42.2 Å². The van der Waals surface area contributed by atoms with Crippen molar-refractivity contribution in [1.29, 1.82) is 0 Å². The van der Waals surface area contributed by atoms with Crippen LogP contribution in [0.15, 0.2) is 30.3 Å². The van der Waals surface area contributed by atoms with E-state index in [4.69, 9.17) is 16.3 Å². The summed E-state index contributed by atoms with van der Waals surface area (Å²) in [4.78, 5) is 49.8. The molecule has 0 saturated carbocycles. The van der Waals surface area contributed by atoms with Crippen LogP contribution in [0, 0.1) is 12.7 Å². The van der Waals surface area contributed by atoms with Gasteiger partial charge in [-0.25, -0.2) is 9.18 Å². The van der Waals surface area contributed by atoms with Crippen molar-refractivity contribution < 1.29 is 28.3 Å². The van der Waals surface area contributed by atoms with E-state index in [-0.39, 0.29) is 48.5 Å². The van der Waals surface area contributed by atoms with E-state index >= 15 is 0 Å². The van der Waals surface area contributed by atoms with Crippen LogP contribution in [0.25, 0.3) is 0 Å². The summed E-state index contributed by atoms with van der Waals surface area (Å²) >= 11 is 5.85. The summed E-state index contributed by atoms with van der Waals surface area (Å²) in [5.41, 5.74) is 2.14. The number of amides is 4. The number of anilines is 1. The van der Waals surface area contributed by atoms with Crippen LogP contribution in [0.3, 0.4) is 0 Å². The van der Waals surface area contributed by atoms with E-state index in [2.05, 4.69) is 10.6 Å². The van der Waals surface area contributed by atoms with Crippen LogP contribution in [0.1, 0.15) is 39.9 Å². The average Bonchev–Trinajstić information content (AvgIpc) is 3.08. The molecule has 10 heteroatoms. The fraction of sp³-hybridized carbons (Fsp3) is 0.273. The predicted molar refractivity (Wildman–Crippen MR) is 112 cm³/mol. The largest absolute Gasteiger partial charge is 0.444 e. The van der Waals surface area contributed by atoms with Crippen LogP contribution in [-0.4, -0.2) is 34.8 Å². The molecule has 4 amide bonds. The van der Waals surface area contributed by atoms with E-state index in [0.29, 0.717) is 16.7 Å². The summed E-state index contributed by atoms with van der Waals surface area (Å²) in [5.74, 6) is -1.90. The van der Waals surface area contributed by atoms with Gasteiger partial charge >= 0.3 is 6.09 Å². The Bertz CT molecular complexity index is 1150. The molecule has 0 radical (unpaired) electrons. The van der Waals surface area contributed by atoms with Gasteiger partial charge in [-0.3, -0.25) is 25.0 Å². The summed E-state index contributed by atoms with van der Waals surface area (Å²) in [5, 5.41) is 4.47. The van der Waals surface area contributed by atoms with Gasteiger partial charge in [0, 0.05) is 18.5 Å². The molecule has 2 heterocycles. The number of nitrogens with one attached hydrogen (secondary N) is 2. The predicted octanol–water partition coefficient (Wildman–Crippen LogP) is 3.30. The number of nitrogens with zero attached hydrogens (tertiary/aromatic N) is 1. The van der Waals surface area contributed by atoms with Crippen molar-refractivity contribution in [2.24, 2.45) is 0 Å². The zero-order valence-electron chi connectivity index (χ0n) is 17.0. The van der Waals surface area contributed by atoms with Crippen LogP contribution in [0.5, 0.6) is 0 Å². The number of imide groups is 1. The molecule has 1 atom stereocenters. The van der Waals surface area contributed by atoms with Gasteiger partial charge in [0.15, 0.2) is 5.82 Å². The van der Waals surface area contributed by atoms with Gasteiger partial charge in [-0.15, -0.1) is 0 Å². The smallest absolute Gasteiger partial charge is 0.412 e. The van der Waals surface area contributed by atoms with Gasteiger partial charge < -0.3 is 9.64 Å². The summed E-state index contributed by atoms with van der Waals surface area (Å²) in [6.45, 7) is 1.76. The molecule has 2 aromatic rings. The van der Waals surface area contributed by atoms with Crippen molar-refractivity contribution in [3.8, 4) is 0 Å². The summed E-state index contributed by atoms with van der Waals surface area (Å²) in [6, 6.07) is 7.29. The van der Waals surface area contributed by atoms with E-state index in [0.717, 1.165) is 5.56 Å². The molecule has 2 aliphatic rings. The number of hydrogen-bond acceptors (Lipinski definition) is 5. The second-order valence-electron chi connectivity index (χ2n) is 7.65. The molecule has 0 spiro atoms. The van der Waals surface area contributed by atoms with Crippen LogP contribution >= 0.6 is 11.6 Å². The van der Waals surface area contributed by atoms with E-state index in [1.54, 1.807) is 31.2 Å². The number of ether oxygens (including phenoxy) is 1. The van der Waals surface area contributed by atoms with Crippen molar-refractivity contribution in [1.82, 2.24) is 10.2 Å². The first kappa shape index (κ1) is 21.8. The van der Waals surface area contributed by atoms with Gasteiger partial charge in [0.25, 0.3) is 5.91 Å². The lowest BCUT2D eigenvalue weighted by atomic mass is 10.0. The zero-order valence-corrected chi connectivity index (χ0v) is 17.8. The molecular formula is C22H19ClFN3O5. The molecule has 166 valence electrons. The maximum Gasteiger partial charge on any atom is 0.412 e. The molecule has 32 heavy (non-hydrogen) atoms. The highest BCUT2D eigenvalue weighted by Gasteiger charge is 2.39. The van der Waals surface area contributed by atoms with Gasteiger partial charge in [-0.2, -0.15) is 0 Å². The standard InChI is InChI=1S/C22H19ClFN3O5/c1-11-2-5-15(19(24)18(11)23)25-22(31)32-10-12-3-4-13-9-27(21(30)14(13)8-12)16-6-7-17(28)26-20(16)29/h2-5,8,16H,6-7,9-10H2,1H3,(H,25,31)(H,26,28,29). The van der Waals surface area contributed by atoms with Crippen molar-refractivity contribution in [3.63, 3.8) is 0 Å². The maximum absolute atomic E-state index is 14.1. The Kier molecular flexibility index (Phi) is 5.84. The number of fused-ring (bicyclic) bond motifs is 1. The number of carbonyl (C=O) groups excluding carboxylic acids is 4. The Morgan fingerprint density at radius 3 is 2.81 bits per heavy atom. The normalized spacial score (nSPS) is 17.8. The second-order valence-corrected chi connectivity index (χ2v) is 8.03. The Morgan fingerprint density at radius 1 is 1.28 bits per heavy atom. The molecule has 0 aromatic heterocycles. The molecule has 1 fully saturated rings. The van der Waals surface area contributed by atoms with Crippen molar-refractivity contribution in [2.45, 2.75) is 39.0 Å². The highest BCUT2D eigenvalue weighted by atomic mass is 35.5. The first-order chi connectivity index (χ1) is 15.2. The molecule has 2 N–H and O–H groups in total. The number of piperidine rings is 1. The topological polar surface area (TPSA) is 105 Å². The third-order valence-corrected chi connectivity index (χ3v) is 5.94. The van der Waals surface area contributed by atoms with E-state index in [9.17, 15) is 23.6 Å². The molecule has 2 aromatic carbocycles. The molecule has 1 saturated heterocycles. The van der Waals surface area contributed by atoms with Crippen LogP contribution in [-0.2, 0) is 27.5 Å². The summed E-state index contributed by atoms with van der Waals surface area (Å²) in [7, 11) is 0. The van der Waals surface area contributed by atoms with Gasteiger partial charge in [0.05, 0.1) is 10.7 Å². The number of aryl methyl sites for hydroxylation is 1. The van der Waals surface area contributed by atoms with Gasteiger partial charge in [0.2, 0.25) is 11.8 Å². The molecule has 1 unspecified atom stereocenters. The third kappa shape index (κ3) is 4.16. The van der Waals surface area contributed by atoms with Gasteiger partial charge in [0.1, 0.15) is 12.6 Å². The minimum atomic E-state index is -0.874. The number of rotatable bonds is 4. The summed E-state index contributed by atoms with van der Waals surface area (Å²) in [6.07, 6.45) is -0.418. The number of halogens is 2.